The van der Waals surface area contributed by atoms with Gasteiger partial charge in [0.05, 0.1) is 0 Å². The van der Waals surface area contributed by atoms with E-state index < -0.39 is 10.0 Å². The second-order valence-corrected chi connectivity index (χ2v) is 8.59. The van der Waals surface area contributed by atoms with Gasteiger partial charge in [0, 0.05) is 30.0 Å². The molecule has 0 aromatic carbocycles. The minimum Gasteiger partial charge on any atom is -0.368 e. The second-order valence-electron chi connectivity index (χ2n) is 4.95. The number of aromatic nitrogens is 2. The van der Waals surface area contributed by atoms with E-state index in [1.54, 1.807) is 12.1 Å². The third kappa shape index (κ3) is 4.63. The molecule has 2 aromatic heterocycles. The van der Waals surface area contributed by atoms with Gasteiger partial charge in [-0.1, -0.05) is 18.5 Å². The molecule has 0 radical (unpaired) electrons. The molecule has 2 aromatic rings. The monoisotopic (exact) mass is 374 g/mol. The van der Waals surface area contributed by atoms with Crippen LogP contribution in [-0.4, -0.2) is 31.5 Å². The van der Waals surface area contributed by atoms with E-state index in [0.717, 1.165) is 10.4 Å². The van der Waals surface area contributed by atoms with E-state index in [-0.39, 0.29) is 6.54 Å². The molecule has 0 bridgehead atoms. The van der Waals surface area contributed by atoms with Crippen molar-refractivity contribution in [3.8, 4) is 0 Å². The molecule has 0 saturated heterocycles. The lowest BCUT2D eigenvalue weighted by molar-refractivity contribution is 0.585. The van der Waals surface area contributed by atoms with Gasteiger partial charge < -0.3 is 5.32 Å². The summed E-state index contributed by atoms with van der Waals surface area (Å²) in [6.45, 7) is 6.30. The SMILES string of the molecule is CCc1nc(Cl)c(C)c(NCCNS(=O)(=O)c2ccc(C)s2)n1. The number of hydrogen-bond donors (Lipinski definition) is 2. The molecule has 0 aliphatic carbocycles. The van der Waals surface area contributed by atoms with Gasteiger partial charge >= 0.3 is 0 Å². The molecule has 0 spiro atoms. The third-order valence-corrected chi connectivity index (χ3v) is 6.46. The maximum atomic E-state index is 12.1. The van der Waals surface area contributed by atoms with E-state index in [1.165, 1.54) is 11.3 Å². The number of rotatable bonds is 7. The van der Waals surface area contributed by atoms with Crippen LogP contribution in [0.1, 0.15) is 23.2 Å². The van der Waals surface area contributed by atoms with Crippen LogP contribution in [0.3, 0.4) is 0 Å². The molecular weight excluding hydrogens is 356 g/mol. The minimum absolute atomic E-state index is 0.252. The Hall–Kier alpha value is -1.22. The summed E-state index contributed by atoms with van der Waals surface area (Å²) in [5.74, 6) is 1.28. The second kappa shape index (κ2) is 7.57. The summed E-state index contributed by atoms with van der Waals surface area (Å²) in [4.78, 5) is 9.49. The van der Waals surface area contributed by atoms with Crippen LogP contribution in [-0.2, 0) is 16.4 Å². The Balaban J connectivity index is 1.94. The van der Waals surface area contributed by atoms with Crippen LogP contribution in [0.4, 0.5) is 5.82 Å². The smallest absolute Gasteiger partial charge is 0.250 e. The molecular formula is C14H19ClN4O2S2. The van der Waals surface area contributed by atoms with Crippen LogP contribution in [0.5, 0.6) is 0 Å². The fourth-order valence-corrected chi connectivity index (χ4v) is 4.40. The summed E-state index contributed by atoms with van der Waals surface area (Å²) in [6, 6.07) is 3.40. The zero-order valence-electron chi connectivity index (χ0n) is 13.2. The van der Waals surface area contributed by atoms with Crippen molar-refractivity contribution in [1.29, 1.82) is 0 Å². The van der Waals surface area contributed by atoms with Gasteiger partial charge in [0.25, 0.3) is 0 Å². The first-order chi connectivity index (χ1) is 10.8. The Morgan fingerprint density at radius 2 is 1.96 bits per heavy atom. The molecule has 0 saturated carbocycles. The zero-order valence-corrected chi connectivity index (χ0v) is 15.6. The van der Waals surface area contributed by atoms with Gasteiger partial charge in [-0.05, 0) is 26.0 Å². The van der Waals surface area contributed by atoms with E-state index in [9.17, 15) is 8.42 Å². The Bertz CT molecular complexity index is 790. The van der Waals surface area contributed by atoms with Crippen molar-refractivity contribution in [2.45, 2.75) is 31.4 Å². The molecule has 0 amide bonds. The van der Waals surface area contributed by atoms with Gasteiger partial charge in [0.1, 0.15) is 21.0 Å². The quantitative estimate of drug-likeness (QED) is 0.575. The van der Waals surface area contributed by atoms with Crippen molar-refractivity contribution in [2.24, 2.45) is 0 Å². The maximum Gasteiger partial charge on any atom is 0.250 e. The zero-order chi connectivity index (χ0) is 17.0. The first-order valence-corrected chi connectivity index (χ1v) is 9.84. The largest absolute Gasteiger partial charge is 0.368 e. The standard InChI is InChI=1S/C14H19ClN4O2S2/c1-4-11-18-13(15)10(3)14(19-11)16-7-8-17-23(20,21)12-6-5-9(2)22-12/h5-6,17H,4,7-8H2,1-3H3,(H,16,18,19). The fraction of sp³-hybridized carbons (Fsp3) is 0.429. The van der Waals surface area contributed by atoms with E-state index in [4.69, 9.17) is 11.6 Å². The fourth-order valence-electron chi connectivity index (χ4n) is 1.86. The summed E-state index contributed by atoms with van der Waals surface area (Å²) in [5.41, 5.74) is 0.751. The van der Waals surface area contributed by atoms with Crippen molar-refractivity contribution in [2.75, 3.05) is 18.4 Å². The molecule has 0 fully saturated rings. The first-order valence-electron chi connectivity index (χ1n) is 7.16. The van der Waals surface area contributed by atoms with Gasteiger partial charge in [-0.3, -0.25) is 0 Å². The van der Waals surface area contributed by atoms with Crippen LogP contribution >= 0.6 is 22.9 Å². The Morgan fingerprint density at radius 3 is 2.57 bits per heavy atom. The summed E-state index contributed by atoms with van der Waals surface area (Å²) in [5, 5.41) is 3.51. The summed E-state index contributed by atoms with van der Waals surface area (Å²) in [6.07, 6.45) is 0.680. The number of thiophene rings is 1. The molecule has 23 heavy (non-hydrogen) atoms. The van der Waals surface area contributed by atoms with Crippen LogP contribution in [0, 0.1) is 13.8 Å². The van der Waals surface area contributed by atoms with Gasteiger partial charge in [0.15, 0.2) is 0 Å². The van der Waals surface area contributed by atoms with Crippen LogP contribution in [0.25, 0.3) is 0 Å². The minimum atomic E-state index is -3.46. The molecule has 2 heterocycles. The molecule has 126 valence electrons. The average molecular weight is 375 g/mol. The number of nitrogens with one attached hydrogen (secondary N) is 2. The predicted octanol–water partition coefficient (Wildman–Crippen LogP) is 2.76. The number of halogens is 1. The van der Waals surface area contributed by atoms with Crippen LogP contribution in [0.2, 0.25) is 5.15 Å². The lowest BCUT2D eigenvalue weighted by atomic mass is 10.3. The highest BCUT2D eigenvalue weighted by Crippen LogP contribution is 2.21. The van der Waals surface area contributed by atoms with Crippen molar-refractivity contribution in [3.63, 3.8) is 0 Å². The van der Waals surface area contributed by atoms with Gasteiger partial charge in [-0.2, -0.15) is 0 Å². The average Bonchev–Trinajstić information content (AvgIpc) is 2.95. The molecule has 2 rings (SSSR count). The van der Waals surface area contributed by atoms with Gasteiger partial charge in [-0.25, -0.2) is 23.1 Å². The Morgan fingerprint density at radius 1 is 1.22 bits per heavy atom. The molecule has 2 N–H and O–H groups in total. The van der Waals surface area contributed by atoms with Crippen LogP contribution < -0.4 is 10.0 Å². The van der Waals surface area contributed by atoms with E-state index in [0.29, 0.717) is 34.0 Å². The molecule has 0 aliphatic heterocycles. The number of nitrogens with zero attached hydrogens (tertiary/aromatic N) is 2. The number of sulfonamides is 1. The summed E-state index contributed by atoms with van der Waals surface area (Å²) < 4.78 is 27.1. The number of hydrogen-bond acceptors (Lipinski definition) is 6. The van der Waals surface area contributed by atoms with Crippen molar-refractivity contribution in [3.05, 3.63) is 33.6 Å². The number of anilines is 1. The van der Waals surface area contributed by atoms with Crippen molar-refractivity contribution in [1.82, 2.24) is 14.7 Å². The van der Waals surface area contributed by atoms with Gasteiger partial charge in [-0.15, -0.1) is 11.3 Å². The van der Waals surface area contributed by atoms with E-state index >= 15 is 0 Å². The van der Waals surface area contributed by atoms with Gasteiger partial charge in [0.2, 0.25) is 10.0 Å². The molecule has 9 heteroatoms. The highest BCUT2D eigenvalue weighted by Gasteiger charge is 2.15. The topological polar surface area (TPSA) is 84.0 Å². The van der Waals surface area contributed by atoms with Crippen molar-refractivity contribution < 1.29 is 8.42 Å². The van der Waals surface area contributed by atoms with E-state index in [2.05, 4.69) is 20.0 Å². The molecule has 0 unspecified atom stereocenters. The normalized spacial score (nSPS) is 11.7. The van der Waals surface area contributed by atoms with E-state index in [1.807, 2.05) is 20.8 Å². The molecule has 0 aliphatic rings. The highest BCUT2D eigenvalue weighted by atomic mass is 35.5. The first kappa shape index (κ1) is 18.1. The highest BCUT2D eigenvalue weighted by molar-refractivity contribution is 7.91. The predicted molar refractivity (Wildman–Crippen MR) is 93.9 cm³/mol. The molecule has 6 nitrogen and oxygen atoms in total. The van der Waals surface area contributed by atoms with Crippen LogP contribution in [0.15, 0.2) is 16.3 Å². The third-order valence-electron chi connectivity index (χ3n) is 3.14. The Labute approximate surface area is 145 Å². The lowest BCUT2D eigenvalue weighted by Crippen LogP contribution is -2.28. The van der Waals surface area contributed by atoms with Crippen molar-refractivity contribution >= 4 is 38.8 Å². The lowest BCUT2D eigenvalue weighted by Gasteiger charge is -2.11. The maximum absolute atomic E-state index is 12.1. The summed E-state index contributed by atoms with van der Waals surface area (Å²) >= 11 is 7.31. The molecule has 0 atom stereocenters. The summed E-state index contributed by atoms with van der Waals surface area (Å²) in [7, 11) is -3.46. The number of aryl methyl sites for hydroxylation is 2. The Kier molecular flexibility index (Phi) is 5.96.